The molecule has 296 valence electrons. The predicted octanol–water partition coefficient (Wildman–Crippen LogP) is 5.63. The van der Waals surface area contributed by atoms with E-state index in [-0.39, 0.29) is 48.8 Å². The van der Waals surface area contributed by atoms with Crippen LogP contribution >= 0.6 is 0 Å². The van der Waals surface area contributed by atoms with Gasteiger partial charge >= 0.3 is 5.97 Å². The average molecular weight is 755 g/mol. The Morgan fingerprint density at radius 2 is 1.80 bits per heavy atom. The van der Waals surface area contributed by atoms with Gasteiger partial charge in [-0.1, -0.05) is 69.3 Å². The van der Waals surface area contributed by atoms with Crippen LogP contribution in [0.15, 0.2) is 66.7 Å². The zero-order valence-corrected chi connectivity index (χ0v) is 33.5. The molecule has 3 aromatic carbocycles. The number of hydroxylamine groups is 2. The summed E-state index contributed by atoms with van der Waals surface area (Å²) in [7, 11) is 7.04. The fourth-order valence-corrected chi connectivity index (χ4v) is 9.35. The minimum atomic E-state index is -0.877. The Bertz CT molecular complexity index is 1850. The summed E-state index contributed by atoms with van der Waals surface area (Å²) in [6, 6.07) is 20.3. The normalized spacial score (nSPS) is 26.0. The number of para-hydroxylation sites is 1. The lowest BCUT2D eigenvalue weighted by molar-refractivity contribution is -0.183. The molecule has 11 heteroatoms. The van der Waals surface area contributed by atoms with Crippen molar-refractivity contribution < 1.29 is 33.8 Å². The van der Waals surface area contributed by atoms with Gasteiger partial charge in [0.15, 0.2) is 0 Å². The fourth-order valence-electron chi connectivity index (χ4n) is 9.35. The van der Waals surface area contributed by atoms with Crippen molar-refractivity contribution in [2.45, 2.75) is 84.2 Å². The largest absolute Gasteiger partial charge is 0.496 e. The molecular formula is C44H58N4O7. The number of rotatable bonds is 14. The number of amides is 2. The molecule has 3 saturated carbocycles. The second-order valence-electron chi connectivity index (χ2n) is 16.4. The van der Waals surface area contributed by atoms with Crippen LogP contribution in [0, 0.1) is 29.1 Å². The van der Waals surface area contributed by atoms with Gasteiger partial charge in [0.25, 0.3) is 5.91 Å². The number of aryl methyl sites for hydroxylation is 1. The van der Waals surface area contributed by atoms with Crippen molar-refractivity contribution in [3.63, 3.8) is 0 Å². The Balaban J connectivity index is 1.31. The second-order valence-corrected chi connectivity index (χ2v) is 16.4. The van der Waals surface area contributed by atoms with Gasteiger partial charge in [-0.3, -0.25) is 19.2 Å². The van der Waals surface area contributed by atoms with E-state index in [1.54, 1.807) is 26.1 Å². The van der Waals surface area contributed by atoms with Gasteiger partial charge < -0.3 is 30.1 Å². The molecule has 3 aliphatic carbocycles. The Kier molecular flexibility index (Phi) is 12.2. The van der Waals surface area contributed by atoms with Crippen molar-refractivity contribution in [3.05, 3.63) is 83.4 Å². The topological polar surface area (TPSA) is 130 Å². The zero-order chi connectivity index (χ0) is 39.6. The number of anilines is 1. The van der Waals surface area contributed by atoms with Gasteiger partial charge in [-0.25, -0.2) is 0 Å². The number of fused-ring (bicyclic) bond motifs is 2. The maximum atomic E-state index is 14.7. The number of aliphatic hydroxyl groups excluding tert-OH is 1. The molecule has 4 aliphatic rings. The maximum absolute atomic E-state index is 14.7. The third-order valence-corrected chi connectivity index (χ3v) is 12.7. The van der Waals surface area contributed by atoms with Crippen LogP contribution in [0.25, 0.3) is 11.1 Å². The van der Waals surface area contributed by atoms with Crippen molar-refractivity contribution in [2.24, 2.45) is 29.1 Å². The fraction of sp³-hybridized carbons (Fsp3) is 0.523. The van der Waals surface area contributed by atoms with Crippen LogP contribution in [0.5, 0.6) is 5.75 Å². The van der Waals surface area contributed by atoms with Crippen LogP contribution in [-0.2, 0) is 32.1 Å². The number of esters is 1. The minimum Gasteiger partial charge on any atom is -0.496 e. The first kappa shape index (κ1) is 40.2. The van der Waals surface area contributed by atoms with E-state index < -0.39 is 24.2 Å². The number of nitrogens with zero attached hydrogens (tertiary/aromatic N) is 2. The molecule has 0 radical (unpaired) electrons. The van der Waals surface area contributed by atoms with Crippen molar-refractivity contribution in [1.29, 1.82) is 0 Å². The van der Waals surface area contributed by atoms with Crippen molar-refractivity contribution >= 4 is 23.5 Å². The molecule has 4 fully saturated rings. The summed E-state index contributed by atoms with van der Waals surface area (Å²) in [6.07, 6.45) is 1.27. The molecule has 55 heavy (non-hydrogen) atoms. The van der Waals surface area contributed by atoms with E-state index >= 15 is 0 Å². The number of nitrogens with one attached hydrogen (secondary N) is 2. The maximum Gasteiger partial charge on any atom is 0.306 e. The molecule has 1 saturated heterocycles. The Hall–Kier alpha value is -4.45. The van der Waals surface area contributed by atoms with E-state index in [0.717, 1.165) is 34.4 Å². The molecule has 1 aliphatic heterocycles. The van der Waals surface area contributed by atoms with Crippen LogP contribution in [0.4, 0.5) is 5.69 Å². The predicted molar refractivity (Wildman–Crippen MR) is 212 cm³/mol. The number of ether oxygens (including phenoxy) is 2. The number of aliphatic hydroxyl groups is 1. The first-order valence-corrected chi connectivity index (χ1v) is 19.6. The molecule has 8 atom stereocenters. The molecule has 2 bridgehead atoms. The van der Waals surface area contributed by atoms with Gasteiger partial charge in [-0.15, -0.1) is 0 Å². The van der Waals surface area contributed by atoms with Gasteiger partial charge in [0.05, 0.1) is 26.2 Å². The van der Waals surface area contributed by atoms with Crippen LogP contribution in [0.2, 0.25) is 0 Å². The highest BCUT2D eigenvalue weighted by molar-refractivity contribution is 5.97. The molecular weight excluding hydrogens is 697 g/mol. The third-order valence-electron chi connectivity index (χ3n) is 12.7. The summed E-state index contributed by atoms with van der Waals surface area (Å²) in [6.45, 7) is 8.46. The highest BCUT2D eigenvalue weighted by atomic mass is 16.7. The van der Waals surface area contributed by atoms with E-state index in [9.17, 15) is 19.5 Å². The SMILES string of the molecule is CNC(=O)c1cc(-c2cccc(CN3O[C@@H](CO)[C@@H]([C@H](C)OC(=O)CCc4ccccc4)[C@H]3C(=O)N[C@H]3C[C@H]4C[C@H]([C@@H]3C)C4(C)C)c2OC)cc(N(C)C)c1. The molecule has 7 rings (SSSR count). The summed E-state index contributed by atoms with van der Waals surface area (Å²) in [5.41, 5.74) is 4.94. The zero-order valence-electron chi connectivity index (χ0n) is 33.5. The van der Waals surface area contributed by atoms with Gasteiger partial charge in [0, 0.05) is 56.0 Å². The number of hydrogen-bond donors (Lipinski definition) is 3. The van der Waals surface area contributed by atoms with Crippen LogP contribution in [0.3, 0.4) is 0 Å². The Morgan fingerprint density at radius 1 is 1.05 bits per heavy atom. The number of benzene rings is 3. The lowest BCUT2D eigenvalue weighted by atomic mass is 9.45. The Morgan fingerprint density at radius 3 is 2.44 bits per heavy atom. The summed E-state index contributed by atoms with van der Waals surface area (Å²) in [5.74, 6) is 0.487. The first-order valence-electron chi connectivity index (χ1n) is 19.6. The number of carbonyl (C=O) groups is 3. The van der Waals surface area contributed by atoms with Crippen LogP contribution in [-0.4, -0.2) is 87.1 Å². The highest BCUT2D eigenvalue weighted by Gasteiger charge is 2.57. The van der Waals surface area contributed by atoms with Gasteiger partial charge in [0.1, 0.15) is 24.0 Å². The molecule has 3 aromatic rings. The lowest BCUT2D eigenvalue weighted by Gasteiger charge is -2.62. The van der Waals surface area contributed by atoms with Crippen molar-refractivity contribution in [3.8, 4) is 16.9 Å². The van der Waals surface area contributed by atoms with E-state index in [1.165, 1.54) is 6.42 Å². The number of hydrogen-bond acceptors (Lipinski definition) is 9. The first-order chi connectivity index (χ1) is 26.3. The molecule has 1 heterocycles. The monoisotopic (exact) mass is 754 g/mol. The quantitative estimate of drug-likeness (QED) is 0.179. The summed E-state index contributed by atoms with van der Waals surface area (Å²) in [5, 5.41) is 18.4. The smallest absolute Gasteiger partial charge is 0.306 e. The summed E-state index contributed by atoms with van der Waals surface area (Å²) in [4.78, 5) is 49.0. The van der Waals surface area contributed by atoms with E-state index in [4.69, 9.17) is 14.3 Å². The Labute approximate surface area is 325 Å². The van der Waals surface area contributed by atoms with Crippen molar-refractivity contribution in [1.82, 2.24) is 15.7 Å². The second kappa shape index (κ2) is 16.7. The standard InChI is InChI=1S/C44H58N4O7/c1-26-35-22-32(44(35,3)4)23-36(26)46-43(52)40-39(27(2)54-38(50)18-17-28-13-10-9-11-14-28)37(25-49)55-48(40)24-29-15-12-16-34(41(29)53-8)30-19-31(42(51)45-5)21-33(20-30)47(6)7/h9-16,19-21,26-27,32,35-37,39-40,49H,17-18,22-25H2,1-8H3,(H,45,51)(H,46,52)/t26-,27-,32+,35+,36-,37-,39+,40-/m0/s1. The lowest BCUT2D eigenvalue weighted by Crippen LogP contribution is -2.62. The minimum absolute atomic E-state index is 0.0000320. The molecule has 3 N–H and O–H groups in total. The van der Waals surface area contributed by atoms with Gasteiger partial charge in [0.2, 0.25) is 5.91 Å². The third kappa shape index (κ3) is 8.25. The van der Waals surface area contributed by atoms with Gasteiger partial charge in [-0.2, -0.15) is 5.06 Å². The molecule has 0 unspecified atom stereocenters. The van der Waals surface area contributed by atoms with Crippen LogP contribution in [0.1, 0.15) is 68.4 Å². The molecule has 2 amide bonds. The number of methoxy groups -OCH3 is 1. The van der Waals surface area contributed by atoms with Crippen molar-refractivity contribution in [2.75, 3.05) is 39.8 Å². The summed E-state index contributed by atoms with van der Waals surface area (Å²) >= 11 is 0. The summed E-state index contributed by atoms with van der Waals surface area (Å²) < 4.78 is 12.1. The molecule has 11 nitrogen and oxygen atoms in total. The molecule has 0 aromatic heterocycles. The van der Waals surface area contributed by atoms with E-state index in [0.29, 0.717) is 35.5 Å². The molecule has 0 spiro atoms. The van der Waals surface area contributed by atoms with Gasteiger partial charge in [-0.05, 0) is 78.7 Å². The van der Waals surface area contributed by atoms with E-state index in [1.807, 2.05) is 85.7 Å². The van der Waals surface area contributed by atoms with Crippen LogP contribution < -0.4 is 20.3 Å². The highest BCUT2D eigenvalue weighted by Crippen LogP contribution is 2.61. The number of carbonyl (C=O) groups excluding carboxylic acids is 3. The van der Waals surface area contributed by atoms with E-state index in [2.05, 4.69) is 31.4 Å². The average Bonchev–Trinajstić information content (AvgIpc) is 3.55.